The van der Waals surface area contributed by atoms with Gasteiger partial charge in [-0.05, 0) is 47.6 Å². The summed E-state index contributed by atoms with van der Waals surface area (Å²) in [5, 5.41) is 11.5. The number of fused-ring (bicyclic) bond motifs is 1. The lowest BCUT2D eigenvalue weighted by atomic mass is 10.1. The fourth-order valence-corrected chi connectivity index (χ4v) is 3.29. The quantitative estimate of drug-likeness (QED) is 0.559. The summed E-state index contributed by atoms with van der Waals surface area (Å²) in [5.41, 5.74) is -0.798. The second kappa shape index (κ2) is 8.26. The lowest BCUT2D eigenvalue weighted by molar-refractivity contribution is -0.386. The molecule has 0 radical (unpaired) electrons. The standard InChI is InChI=1S/C20H29N3O6/c1-12(2)22-13(3)16(11-21(7)19(25)29-20(4,5)6)28-17-14(18(22)24)9-8-10-15(17)23(26)27/h8-10,12-13,16H,11H2,1-7H3/t13-,16-/m1/s1. The molecule has 2 amide bonds. The summed E-state index contributed by atoms with van der Waals surface area (Å²) in [6, 6.07) is 3.69. The van der Waals surface area contributed by atoms with Crippen LogP contribution in [0.25, 0.3) is 0 Å². The molecule has 0 N–H and O–H groups in total. The summed E-state index contributed by atoms with van der Waals surface area (Å²) in [6.07, 6.45) is -1.22. The van der Waals surface area contributed by atoms with Gasteiger partial charge in [-0.1, -0.05) is 6.07 Å². The average Bonchev–Trinajstić information content (AvgIpc) is 2.68. The molecule has 2 atom stereocenters. The summed E-state index contributed by atoms with van der Waals surface area (Å²) < 4.78 is 11.4. The van der Waals surface area contributed by atoms with Crippen molar-refractivity contribution in [1.82, 2.24) is 9.80 Å². The number of hydrogen-bond acceptors (Lipinski definition) is 6. The van der Waals surface area contributed by atoms with Gasteiger partial charge in [-0.3, -0.25) is 14.9 Å². The molecule has 0 aromatic heterocycles. The third kappa shape index (κ3) is 4.96. The number of rotatable bonds is 4. The van der Waals surface area contributed by atoms with Crippen LogP contribution in [0.15, 0.2) is 18.2 Å². The van der Waals surface area contributed by atoms with E-state index in [4.69, 9.17) is 9.47 Å². The van der Waals surface area contributed by atoms with Gasteiger partial charge < -0.3 is 19.3 Å². The number of likely N-dealkylation sites (N-methyl/N-ethyl adjacent to an activating group) is 1. The minimum absolute atomic E-state index is 0.0694. The molecule has 9 nitrogen and oxygen atoms in total. The average molecular weight is 407 g/mol. The number of benzene rings is 1. The Kier molecular flexibility index (Phi) is 6.40. The monoisotopic (exact) mass is 407 g/mol. The summed E-state index contributed by atoms with van der Waals surface area (Å²) in [5.74, 6) is -0.409. The first kappa shape index (κ1) is 22.4. The first-order valence-electron chi connectivity index (χ1n) is 9.54. The van der Waals surface area contributed by atoms with E-state index < -0.39 is 28.8 Å². The minimum Gasteiger partial charge on any atom is -0.479 e. The molecule has 0 bridgehead atoms. The topological polar surface area (TPSA) is 102 Å². The number of amides is 2. The number of carbonyl (C=O) groups is 2. The molecule has 160 valence electrons. The van der Waals surface area contributed by atoms with Crippen LogP contribution in [-0.2, 0) is 4.74 Å². The van der Waals surface area contributed by atoms with Crippen molar-refractivity contribution in [3.8, 4) is 5.75 Å². The Morgan fingerprint density at radius 2 is 2.00 bits per heavy atom. The smallest absolute Gasteiger partial charge is 0.410 e. The SMILES string of the molecule is CC(C)N1C(=O)c2cccc([N+](=O)[O-])c2O[C@H](CN(C)C(=O)OC(C)(C)C)[C@H]1C. The van der Waals surface area contributed by atoms with Gasteiger partial charge in [0.2, 0.25) is 5.75 Å². The van der Waals surface area contributed by atoms with E-state index in [1.54, 1.807) is 32.7 Å². The lowest BCUT2D eigenvalue weighted by Crippen LogP contribution is -2.52. The third-order valence-electron chi connectivity index (χ3n) is 4.62. The van der Waals surface area contributed by atoms with Crippen molar-refractivity contribution < 1.29 is 24.0 Å². The maximum Gasteiger partial charge on any atom is 0.410 e. The summed E-state index contributed by atoms with van der Waals surface area (Å²) >= 11 is 0. The van der Waals surface area contributed by atoms with E-state index in [9.17, 15) is 19.7 Å². The van der Waals surface area contributed by atoms with Crippen LogP contribution < -0.4 is 4.74 Å². The summed E-state index contributed by atoms with van der Waals surface area (Å²) in [6.45, 7) is 10.9. The number of ether oxygens (including phenoxy) is 2. The van der Waals surface area contributed by atoms with Crippen LogP contribution in [0.4, 0.5) is 10.5 Å². The number of hydrogen-bond donors (Lipinski definition) is 0. The largest absolute Gasteiger partial charge is 0.479 e. The first-order valence-corrected chi connectivity index (χ1v) is 9.54. The second-order valence-electron chi connectivity index (χ2n) is 8.47. The molecule has 0 spiro atoms. The molecule has 0 saturated heterocycles. The molecule has 0 saturated carbocycles. The molecule has 1 heterocycles. The van der Waals surface area contributed by atoms with Crippen molar-refractivity contribution in [1.29, 1.82) is 0 Å². The van der Waals surface area contributed by atoms with Gasteiger partial charge in [-0.2, -0.15) is 0 Å². The summed E-state index contributed by atoms with van der Waals surface area (Å²) in [4.78, 5) is 39.4. The zero-order valence-electron chi connectivity index (χ0n) is 18.0. The van der Waals surface area contributed by atoms with Crippen molar-refractivity contribution in [2.45, 2.75) is 65.3 Å². The molecule has 1 aromatic carbocycles. The van der Waals surface area contributed by atoms with E-state index in [2.05, 4.69) is 0 Å². The highest BCUT2D eigenvalue weighted by atomic mass is 16.6. The highest BCUT2D eigenvalue weighted by Crippen LogP contribution is 2.36. The lowest BCUT2D eigenvalue weighted by Gasteiger charge is -2.36. The molecule has 1 aromatic rings. The fraction of sp³-hybridized carbons (Fsp3) is 0.600. The Morgan fingerprint density at radius 1 is 1.38 bits per heavy atom. The molecule has 9 heteroatoms. The minimum atomic E-state index is -0.679. The molecule has 1 aliphatic rings. The van der Waals surface area contributed by atoms with Gasteiger partial charge in [-0.15, -0.1) is 0 Å². The van der Waals surface area contributed by atoms with Gasteiger partial charge in [0, 0.05) is 19.2 Å². The number of nitro groups is 1. The van der Waals surface area contributed by atoms with Crippen LogP contribution >= 0.6 is 0 Å². The van der Waals surface area contributed by atoms with E-state index in [0.29, 0.717) is 0 Å². The Labute approximate surface area is 170 Å². The maximum atomic E-state index is 13.1. The fourth-order valence-electron chi connectivity index (χ4n) is 3.29. The van der Waals surface area contributed by atoms with Crippen LogP contribution in [0, 0.1) is 10.1 Å². The van der Waals surface area contributed by atoms with Crippen molar-refractivity contribution in [2.75, 3.05) is 13.6 Å². The molecule has 0 aliphatic carbocycles. The number of nitro benzene ring substituents is 1. The van der Waals surface area contributed by atoms with E-state index in [-0.39, 0.29) is 35.5 Å². The van der Waals surface area contributed by atoms with Crippen LogP contribution in [0.2, 0.25) is 0 Å². The van der Waals surface area contributed by atoms with Gasteiger partial charge in [0.25, 0.3) is 5.91 Å². The highest BCUT2D eigenvalue weighted by Gasteiger charge is 2.40. The van der Waals surface area contributed by atoms with Crippen LogP contribution in [-0.4, -0.2) is 64.1 Å². The third-order valence-corrected chi connectivity index (χ3v) is 4.62. The molecule has 0 unspecified atom stereocenters. The van der Waals surface area contributed by atoms with Crippen molar-refractivity contribution in [3.05, 3.63) is 33.9 Å². The Morgan fingerprint density at radius 3 is 2.52 bits per heavy atom. The van der Waals surface area contributed by atoms with Crippen molar-refractivity contribution >= 4 is 17.7 Å². The molecule has 29 heavy (non-hydrogen) atoms. The van der Waals surface area contributed by atoms with Crippen LogP contribution in [0.1, 0.15) is 51.9 Å². The highest BCUT2D eigenvalue weighted by molar-refractivity contribution is 5.99. The molecule has 1 aliphatic heterocycles. The number of carbonyl (C=O) groups excluding carboxylic acids is 2. The van der Waals surface area contributed by atoms with E-state index >= 15 is 0 Å². The Hall–Kier alpha value is -2.84. The van der Waals surface area contributed by atoms with Gasteiger partial charge in [0.15, 0.2) is 0 Å². The predicted molar refractivity (Wildman–Crippen MR) is 107 cm³/mol. The molecule has 2 rings (SSSR count). The van der Waals surface area contributed by atoms with E-state index in [1.165, 1.54) is 23.1 Å². The zero-order chi connectivity index (χ0) is 22.1. The Bertz CT molecular complexity index is 802. The Balaban J connectivity index is 2.44. The van der Waals surface area contributed by atoms with Gasteiger partial charge in [0.05, 0.1) is 23.1 Å². The van der Waals surface area contributed by atoms with Gasteiger partial charge >= 0.3 is 11.8 Å². The van der Waals surface area contributed by atoms with Crippen molar-refractivity contribution in [2.24, 2.45) is 0 Å². The van der Waals surface area contributed by atoms with E-state index in [0.717, 1.165) is 0 Å². The predicted octanol–water partition coefficient (Wildman–Crippen LogP) is 3.46. The zero-order valence-corrected chi connectivity index (χ0v) is 18.0. The number of nitrogens with zero attached hydrogens (tertiary/aromatic N) is 3. The maximum absolute atomic E-state index is 13.1. The number of para-hydroxylation sites is 1. The van der Waals surface area contributed by atoms with Gasteiger partial charge in [0.1, 0.15) is 11.7 Å². The summed E-state index contributed by atoms with van der Waals surface area (Å²) in [7, 11) is 1.57. The molecular formula is C20H29N3O6. The van der Waals surface area contributed by atoms with Crippen LogP contribution in [0.3, 0.4) is 0 Å². The normalized spacial score (nSPS) is 19.3. The molecule has 0 fully saturated rings. The van der Waals surface area contributed by atoms with Crippen LogP contribution in [0.5, 0.6) is 5.75 Å². The van der Waals surface area contributed by atoms with Crippen molar-refractivity contribution in [3.63, 3.8) is 0 Å². The first-order chi connectivity index (χ1) is 13.3. The molecular weight excluding hydrogens is 378 g/mol. The van der Waals surface area contributed by atoms with E-state index in [1.807, 2.05) is 20.8 Å². The van der Waals surface area contributed by atoms with Gasteiger partial charge in [-0.25, -0.2) is 4.79 Å². The second-order valence-corrected chi connectivity index (χ2v) is 8.47.